The SMILES string of the molecule is CCC(C)N(C)S(=O)(=O)c1n[nH]c(C)c1CNC1CC1. The third kappa shape index (κ3) is 3.05. The van der Waals surface area contributed by atoms with Crippen LogP contribution in [0.5, 0.6) is 0 Å². The summed E-state index contributed by atoms with van der Waals surface area (Å²) in [5, 5.41) is 10.3. The summed E-state index contributed by atoms with van der Waals surface area (Å²) in [7, 11) is -1.92. The van der Waals surface area contributed by atoms with Gasteiger partial charge in [0.05, 0.1) is 0 Å². The van der Waals surface area contributed by atoms with Gasteiger partial charge in [0.1, 0.15) is 0 Å². The quantitative estimate of drug-likeness (QED) is 0.797. The first-order chi connectivity index (χ1) is 9.37. The molecule has 1 atom stereocenters. The number of aryl methyl sites for hydroxylation is 1. The predicted octanol–water partition coefficient (Wildman–Crippen LogP) is 1.39. The van der Waals surface area contributed by atoms with Gasteiger partial charge in [-0.2, -0.15) is 9.40 Å². The first kappa shape index (κ1) is 15.5. The minimum atomic E-state index is -3.54. The topological polar surface area (TPSA) is 78.1 Å². The van der Waals surface area contributed by atoms with Crippen LogP contribution in [-0.4, -0.2) is 42.1 Å². The van der Waals surface area contributed by atoms with Crippen LogP contribution in [-0.2, 0) is 16.6 Å². The molecule has 114 valence electrons. The maximum Gasteiger partial charge on any atom is 0.262 e. The van der Waals surface area contributed by atoms with E-state index >= 15 is 0 Å². The summed E-state index contributed by atoms with van der Waals surface area (Å²) in [6.45, 7) is 6.29. The average Bonchev–Trinajstić information content (AvgIpc) is 3.17. The van der Waals surface area contributed by atoms with Gasteiger partial charge in [0.2, 0.25) is 0 Å². The Labute approximate surface area is 121 Å². The van der Waals surface area contributed by atoms with E-state index in [1.807, 2.05) is 20.8 Å². The van der Waals surface area contributed by atoms with E-state index < -0.39 is 10.0 Å². The summed E-state index contributed by atoms with van der Waals surface area (Å²) in [6, 6.07) is 0.494. The first-order valence-electron chi connectivity index (χ1n) is 7.13. The van der Waals surface area contributed by atoms with Crippen molar-refractivity contribution in [2.45, 2.75) is 63.7 Å². The van der Waals surface area contributed by atoms with Crippen molar-refractivity contribution in [3.05, 3.63) is 11.3 Å². The predicted molar refractivity (Wildman–Crippen MR) is 77.9 cm³/mol. The largest absolute Gasteiger partial charge is 0.310 e. The molecule has 2 N–H and O–H groups in total. The molecule has 1 aromatic heterocycles. The lowest BCUT2D eigenvalue weighted by Crippen LogP contribution is -2.35. The maximum absolute atomic E-state index is 12.6. The van der Waals surface area contributed by atoms with Crippen molar-refractivity contribution in [2.75, 3.05) is 7.05 Å². The zero-order chi connectivity index (χ0) is 14.9. The van der Waals surface area contributed by atoms with Crippen LogP contribution in [0.15, 0.2) is 5.03 Å². The summed E-state index contributed by atoms with van der Waals surface area (Å²) < 4.78 is 26.7. The van der Waals surface area contributed by atoms with Gasteiger partial charge in [0.15, 0.2) is 5.03 Å². The molecule has 0 spiro atoms. The molecular weight excluding hydrogens is 276 g/mol. The lowest BCUT2D eigenvalue weighted by molar-refractivity contribution is 0.378. The Morgan fingerprint density at radius 3 is 2.70 bits per heavy atom. The third-order valence-corrected chi connectivity index (χ3v) is 5.96. The number of rotatable bonds is 7. The molecule has 1 heterocycles. The Hall–Kier alpha value is -0.920. The van der Waals surface area contributed by atoms with Crippen LogP contribution in [0.4, 0.5) is 0 Å². The molecule has 1 saturated carbocycles. The number of sulfonamides is 1. The Morgan fingerprint density at radius 1 is 1.50 bits per heavy atom. The Morgan fingerprint density at radius 2 is 2.15 bits per heavy atom. The molecule has 1 unspecified atom stereocenters. The fourth-order valence-electron chi connectivity index (χ4n) is 2.02. The van der Waals surface area contributed by atoms with E-state index in [2.05, 4.69) is 15.5 Å². The van der Waals surface area contributed by atoms with Crippen LogP contribution in [0.25, 0.3) is 0 Å². The molecular formula is C13H24N4O2S. The highest BCUT2D eigenvalue weighted by Crippen LogP contribution is 2.24. The smallest absolute Gasteiger partial charge is 0.262 e. The molecule has 0 bridgehead atoms. The van der Waals surface area contributed by atoms with Crippen LogP contribution >= 0.6 is 0 Å². The second kappa shape index (κ2) is 5.83. The molecule has 0 aliphatic heterocycles. The maximum atomic E-state index is 12.6. The second-order valence-electron chi connectivity index (χ2n) is 5.57. The number of aromatic nitrogens is 2. The van der Waals surface area contributed by atoms with Gasteiger partial charge in [-0.15, -0.1) is 0 Å². The van der Waals surface area contributed by atoms with Gasteiger partial charge in [-0.1, -0.05) is 6.92 Å². The Bertz CT molecular complexity index is 563. The van der Waals surface area contributed by atoms with Gasteiger partial charge in [-0.05, 0) is 33.1 Å². The standard InChI is InChI=1S/C13H24N4O2S/c1-5-9(2)17(4)20(18,19)13-12(10(3)15-16-13)8-14-11-6-7-11/h9,11,14H,5-8H2,1-4H3,(H,15,16). The first-order valence-corrected chi connectivity index (χ1v) is 8.57. The lowest BCUT2D eigenvalue weighted by atomic mass is 10.2. The van der Waals surface area contributed by atoms with Crippen molar-refractivity contribution in [1.82, 2.24) is 19.8 Å². The highest BCUT2D eigenvalue weighted by atomic mass is 32.2. The molecule has 0 amide bonds. The minimum absolute atomic E-state index is 0.0405. The molecule has 0 aromatic carbocycles. The van der Waals surface area contributed by atoms with Crippen molar-refractivity contribution in [2.24, 2.45) is 0 Å². The van der Waals surface area contributed by atoms with E-state index in [9.17, 15) is 8.42 Å². The summed E-state index contributed by atoms with van der Waals surface area (Å²) in [5.74, 6) is 0. The normalized spacial score (nSPS) is 17.6. The molecule has 7 heteroatoms. The fourth-order valence-corrected chi connectivity index (χ4v) is 3.61. The number of hydrogen-bond acceptors (Lipinski definition) is 4. The molecule has 2 rings (SSSR count). The molecule has 6 nitrogen and oxygen atoms in total. The molecule has 1 aliphatic carbocycles. The highest BCUT2D eigenvalue weighted by Gasteiger charge is 2.31. The van der Waals surface area contributed by atoms with E-state index in [4.69, 9.17) is 0 Å². The van der Waals surface area contributed by atoms with Crippen LogP contribution in [0.3, 0.4) is 0 Å². The highest BCUT2D eigenvalue weighted by molar-refractivity contribution is 7.89. The van der Waals surface area contributed by atoms with Crippen molar-refractivity contribution in [3.63, 3.8) is 0 Å². The zero-order valence-electron chi connectivity index (χ0n) is 12.6. The third-order valence-electron chi connectivity index (χ3n) is 4.02. The molecule has 20 heavy (non-hydrogen) atoms. The second-order valence-corrected chi connectivity index (χ2v) is 7.48. The number of nitrogens with zero attached hydrogens (tertiary/aromatic N) is 2. The summed E-state index contributed by atoms with van der Waals surface area (Å²) in [5.41, 5.74) is 1.57. The number of nitrogens with one attached hydrogen (secondary N) is 2. The van der Waals surface area contributed by atoms with Gasteiger partial charge in [-0.3, -0.25) is 5.10 Å². The number of H-pyrrole nitrogens is 1. The van der Waals surface area contributed by atoms with E-state index in [0.29, 0.717) is 12.6 Å². The van der Waals surface area contributed by atoms with Crippen molar-refractivity contribution in [3.8, 4) is 0 Å². The molecule has 0 radical (unpaired) electrons. The summed E-state index contributed by atoms with van der Waals surface area (Å²) in [6.07, 6.45) is 3.12. The fraction of sp³-hybridized carbons (Fsp3) is 0.769. The van der Waals surface area contributed by atoms with Crippen LogP contribution in [0.1, 0.15) is 44.4 Å². The van der Waals surface area contributed by atoms with Gasteiger partial charge in [-0.25, -0.2) is 8.42 Å². The summed E-state index contributed by atoms with van der Waals surface area (Å²) >= 11 is 0. The van der Waals surface area contributed by atoms with Gasteiger partial charge < -0.3 is 5.32 Å². The molecule has 1 aliphatic rings. The van der Waals surface area contributed by atoms with Gasteiger partial charge in [0.25, 0.3) is 10.0 Å². The van der Waals surface area contributed by atoms with Gasteiger partial charge in [0, 0.05) is 36.9 Å². The van der Waals surface area contributed by atoms with Crippen molar-refractivity contribution in [1.29, 1.82) is 0 Å². The number of hydrogen-bond donors (Lipinski definition) is 2. The van der Waals surface area contributed by atoms with E-state index in [1.54, 1.807) is 7.05 Å². The van der Waals surface area contributed by atoms with E-state index in [0.717, 1.165) is 17.7 Å². The average molecular weight is 300 g/mol. The van der Waals surface area contributed by atoms with Crippen LogP contribution < -0.4 is 5.32 Å². The van der Waals surface area contributed by atoms with Crippen molar-refractivity contribution >= 4 is 10.0 Å². The lowest BCUT2D eigenvalue weighted by Gasteiger charge is -2.22. The molecule has 1 fully saturated rings. The summed E-state index contributed by atoms with van der Waals surface area (Å²) in [4.78, 5) is 0. The minimum Gasteiger partial charge on any atom is -0.310 e. The van der Waals surface area contributed by atoms with Gasteiger partial charge >= 0.3 is 0 Å². The Balaban J connectivity index is 2.26. The van der Waals surface area contributed by atoms with Crippen molar-refractivity contribution < 1.29 is 8.42 Å². The Kier molecular flexibility index (Phi) is 4.51. The van der Waals surface area contributed by atoms with Crippen LogP contribution in [0.2, 0.25) is 0 Å². The van der Waals surface area contributed by atoms with E-state index in [1.165, 1.54) is 17.1 Å². The van der Waals surface area contributed by atoms with E-state index in [-0.39, 0.29) is 11.1 Å². The number of aromatic amines is 1. The zero-order valence-corrected chi connectivity index (χ0v) is 13.4. The monoisotopic (exact) mass is 300 g/mol. The molecule has 0 saturated heterocycles. The molecule has 1 aromatic rings. The van der Waals surface area contributed by atoms with Crippen LogP contribution in [0, 0.1) is 6.92 Å².